The van der Waals surface area contributed by atoms with Gasteiger partial charge in [0.25, 0.3) is 0 Å². The normalized spacial score (nSPS) is 13.2. The number of nitrogens with one attached hydrogen (secondary N) is 1. The number of carbonyl (C=O) groups excluding carboxylic acids is 1. The number of rotatable bonds is 8. The van der Waals surface area contributed by atoms with Crippen molar-refractivity contribution in [2.75, 3.05) is 6.54 Å². The predicted molar refractivity (Wildman–Crippen MR) is 103 cm³/mol. The molecule has 2 rings (SSSR count). The lowest BCUT2D eigenvalue weighted by atomic mass is 10.0. The second-order valence-electron chi connectivity index (χ2n) is 6.12. The maximum Gasteiger partial charge on any atom is 0.250 e. The first-order valence-electron chi connectivity index (χ1n) is 8.09. The van der Waals surface area contributed by atoms with Gasteiger partial charge in [-0.15, -0.1) is 0 Å². The van der Waals surface area contributed by atoms with Gasteiger partial charge in [-0.1, -0.05) is 41.9 Å². The summed E-state index contributed by atoms with van der Waals surface area (Å²) in [5, 5.41) is 15.4. The Balaban J connectivity index is 2.27. The molecule has 0 aliphatic carbocycles. The average Bonchev–Trinajstić information content (AvgIpc) is 3.11. The Morgan fingerprint density at radius 2 is 2.00 bits per heavy atom. The van der Waals surface area contributed by atoms with Crippen molar-refractivity contribution in [3.05, 3.63) is 56.7 Å². The second kappa shape index (κ2) is 9.71. The number of hydrogen-bond acceptors (Lipinski definition) is 4. The molecule has 1 aromatic heterocycles. The van der Waals surface area contributed by atoms with Crippen molar-refractivity contribution in [2.24, 2.45) is 5.92 Å². The number of benzene rings is 1. The summed E-state index contributed by atoms with van der Waals surface area (Å²) in [7, 11) is 0. The molecule has 0 saturated heterocycles. The minimum Gasteiger partial charge on any atom is -0.356 e. The molecular formula is C19H21BrN2O2S. The van der Waals surface area contributed by atoms with Crippen LogP contribution in [-0.2, 0) is 9.53 Å². The summed E-state index contributed by atoms with van der Waals surface area (Å²) in [6.07, 6.45) is -0.341. The third-order valence-electron chi connectivity index (χ3n) is 3.64. The number of amides is 1. The molecule has 1 N–H and O–H groups in total. The van der Waals surface area contributed by atoms with E-state index in [9.17, 15) is 4.79 Å². The van der Waals surface area contributed by atoms with Gasteiger partial charge in [0.1, 0.15) is 18.8 Å². The fraction of sp³-hybridized carbons (Fsp3) is 0.368. The van der Waals surface area contributed by atoms with Crippen LogP contribution in [0.15, 0.2) is 45.6 Å². The van der Waals surface area contributed by atoms with E-state index >= 15 is 0 Å². The van der Waals surface area contributed by atoms with Crippen molar-refractivity contribution < 1.29 is 9.53 Å². The van der Waals surface area contributed by atoms with E-state index in [-0.39, 0.29) is 18.6 Å². The highest BCUT2D eigenvalue weighted by Crippen LogP contribution is 2.31. The summed E-state index contributed by atoms with van der Waals surface area (Å²) in [5.41, 5.74) is 2.01. The molecule has 0 fully saturated rings. The maximum atomic E-state index is 12.4. The molecule has 1 heterocycles. The zero-order valence-electron chi connectivity index (χ0n) is 14.2. The molecular weight excluding hydrogens is 400 g/mol. The zero-order chi connectivity index (χ0) is 18.2. The van der Waals surface area contributed by atoms with Gasteiger partial charge in [-0.2, -0.15) is 16.6 Å². The van der Waals surface area contributed by atoms with E-state index in [1.165, 1.54) is 0 Å². The van der Waals surface area contributed by atoms with Crippen molar-refractivity contribution in [1.29, 1.82) is 5.26 Å². The highest BCUT2D eigenvalue weighted by molar-refractivity contribution is 9.10. The van der Waals surface area contributed by atoms with Crippen LogP contribution in [0.1, 0.15) is 37.5 Å². The van der Waals surface area contributed by atoms with Gasteiger partial charge in [0, 0.05) is 4.47 Å². The molecule has 0 radical (unpaired) electrons. The van der Waals surface area contributed by atoms with Crippen LogP contribution >= 0.6 is 27.3 Å². The lowest BCUT2D eigenvalue weighted by molar-refractivity contribution is -0.136. The average molecular weight is 421 g/mol. The molecule has 0 bridgehead atoms. The monoisotopic (exact) mass is 420 g/mol. The molecule has 2 aromatic rings. The van der Waals surface area contributed by atoms with Gasteiger partial charge in [0.2, 0.25) is 5.91 Å². The number of halogens is 1. The molecule has 0 spiro atoms. The quantitative estimate of drug-likeness (QED) is 0.630. The molecule has 1 amide bonds. The highest BCUT2D eigenvalue weighted by Gasteiger charge is 2.26. The largest absolute Gasteiger partial charge is 0.356 e. The van der Waals surface area contributed by atoms with E-state index in [0.717, 1.165) is 15.6 Å². The highest BCUT2D eigenvalue weighted by atomic mass is 79.9. The van der Waals surface area contributed by atoms with Crippen LogP contribution in [0.25, 0.3) is 0 Å². The second-order valence-corrected chi connectivity index (χ2v) is 7.81. The van der Waals surface area contributed by atoms with Crippen molar-refractivity contribution in [2.45, 2.75) is 32.5 Å². The molecule has 4 nitrogen and oxygen atoms in total. The van der Waals surface area contributed by atoms with Gasteiger partial charge in [0.05, 0.1) is 6.07 Å². The molecule has 1 unspecified atom stereocenters. The van der Waals surface area contributed by atoms with Crippen LogP contribution in [0, 0.1) is 17.2 Å². The number of carbonyl (C=O) groups is 1. The number of nitriles is 1. The van der Waals surface area contributed by atoms with Crippen LogP contribution in [0.2, 0.25) is 0 Å². The molecule has 0 aliphatic heterocycles. The minimum absolute atomic E-state index is 0.0157. The van der Waals surface area contributed by atoms with Crippen LogP contribution in [0.4, 0.5) is 0 Å². The van der Waals surface area contributed by atoms with Gasteiger partial charge in [-0.05, 0) is 52.4 Å². The molecule has 0 saturated carbocycles. The Labute approximate surface area is 160 Å². The van der Waals surface area contributed by atoms with E-state index in [4.69, 9.17) is 10.00 Å². The van der Waals surface area contributed by atoms with Crippen molar-refractivity contribution in [3.8, 4) is 6.07 Å². The first-order valence-corrected chi connectivity index (χ1v) is 9.82. The first-order chi connectivity index (χ1) is 12.0. The van der Waals surface area contributed by atoms with Gasteiger partial charge in [0.15, 0.2) is 0 Å². The smallest absolute Gasteiger partial charge is 0.250 e. The Hall–Kier alpha value is -1.68. The SMILES string of the molecule is CC(C)C[C@H](OC(c1ccc(Br)cc1)c1ccsc1)C(=O)NCC#N. The van der Waals surface area contributed by atoms with E-state index in [1.807, 2.05) is 61.0 Å². The Morgan fingerprint density at radius 1 is 1.28 bits per heavy atom. The molecule has 132 valence electrons. The molecule has 0 aliphatic rings. The number of ether oxygens (including phenoxy) is 1. The topological polar surface area (TPSA) is 62.1 Å². The lowest BCUT2D eigenvalue weighted by Gasteiger charge is -2.25. The predicted octanol–water partition coefficient (Wildman–Crippen LogP) is 4.67. The van der Waals surface area contributed by atoms with E-state index in [2.05, 4.69) is 21.2 Å². The standard InChI is InChI=1S/C19H21BrN2O2S/c1-13(2)11-17(19(23)22-9-8-21)24-18(15-7-10-25-12-15)14-3-5-16(20)6-4-14/h3-7,10,12-13,17-18H,9,11H2,1-2H3,(H,22,23)/t17-,18?/m0/s1. The third-order valence-corrected chi connectivity index (χ3v) is 4.87. The van der Waals surface area contributed by atoms with Crippen molar-refractivity contribution in [1.82, 2.24) is 5.32 Å². The first kappa shape index (κ1) is 19.6. The third kappa shape index (κ3) is 5.96. The van der Waals surface area contributed by atoms with Crippen LogP contribution in [0.5, 0.6) is 0 Å². The van der Waals surface area contributed by atoms with Crippen LogP contribution in [0.3, 0.4) is 0 Å². The number of nitrogens with zero attached hydrogens (tertiary/aromatic N) is 1. The summed E-state index contributed by atoms with van der Waals surface area (Å²) >= 11 is 5.04. The maximum absolute atomic E-state index is 12.4. The van der Waals surface area contributed by atoms with E-state index in [0.29, 0.717) is 12.3 Å². The summed E-state index contributed by atoms with van der Waals surface area (Å²) in [6, 6.07) is 11.9. The molecule has 2 atom stereocenters. The minimum atomic E-state index is -0.609. The fourth-order valence-corrected chi connectivity index (χ4v) is 3.41. The van der Waals surface area contributed by atoms with Crippen LogP contribution in [-0.4, -0.2) is 18.6 Å². The Morgan fingerprint density at radius 3 is 2.56 bits per heavy atom. The van der Waals surface area contributed by atoms with Gasteiger partial charge in [-0.25, -0.2) is 0 Å². The summed E-state index contributed by atoms with van der Waals surface area (Å²) in [6.45, 7) is 4.08. The summed E-state index contributed by atoms with van der Waals surface area (Å²) in [4.78, 5) is 12.4. The van der Waals surface area contributed by atoms with Gasteiger partial charge in [-0.3, -0.25) is 4.79 Å². The number of hydrogen-bond donors (Lipinski definition) is 1. The molecule has 6 heteroatoms. The van der Waals surface area contributed by atoms with E-state index in [1.54, 1.807) is 11.3 Å². The van der Waals surface area contributed by atoms with Crippen molar-refractivity contribution >= 4 is 33.2 Å². The fourth-order valence-electron chi connectivity index (χ4n) is 2.47. The number of thiophene rings is 1. The Kier molecular flexibility index (Phi) is 7.63. The molecule has 1 aromatic carbocycles. The van der Waals surface area contributed by atoms with Crippen molar-refractivity contribution in [3.63, 3.8) is 0 Å². The van der Waals surface area contributed by atoms with E-state index < -0.39 is 6.10 Å². The zero-order valence-corrected chi connectivity index (χ0v) is 16.6. The lowest BCUT2D eigenvalue weighted by Crippen LogP contribution is -2.38. The van der Waals surface area contributed by atoms with Gasteiger partial charge < -0.3 is 10.1 Å². The summed E-state index contributed by atoms with van der Waals surface area (Å²) < 4.78 is 7.25. The summed E-state index contributed by atoms with van der Waals surface area (Å²) in [5.74, 6) is 0.0541. The van der Waals surface area contributed by atoms with Crippen LogP contribution < -0.4 is 5.32 Å². The van der Waals surface area contributed by atoms with Gasteiger partial charge >= 0.3 is 0 Å². The Bertz CT molecular complexity index is 708. The molecule has 25 heavy (non-hydrogen) atoms.